The van der Waals surface area contributed by atoms with E-state index in [1.165, 1.54) is 0 Å². The molecule has 0 saturated carbocycles. The average molecular weight is 383 g/mol. The second kappa shape index (κ2) is 10.5. The Kier molecular flexibility index (Phi) is 8.05. The molecule has 0 spiro atoms. The highest BCUT2D eigenvalue weighted by molar-refractivity contribution is 5.88. The fraction of sp³-hybridized carbons (Fsp3) is 0.391. The Morgan fingerprint density at radius 3 is 2.29 bits per heavy atom. The number of carbonyl (C=O) groups excluding carboxylic acids is 2. The smallest absolute Gasteiger partial charge is 0.261 e. The third-order valence-electron chi connectivity index (χ3n) is 4.56. The first-order valence-corrected chi connectivity index (χ1v) is 9.68. The number of carbonyl (C=O) groups is 2. The Morgan fingerprint density at radius 1 is 1.00 bits per heavy atom. The van der Waals surface area contributed by atoms with Gasteiger partial charge in [0.1, 0.15) is 11.8 Å². The third kappa shape index (κ3) is 6.41. The van der Waals surface area contributed by atoms with Gasteiger partial charge < -0.3 is 15.0 Å². The van der Waals surface area contributed by atoms with Crippen molar-refractivity contribution in [3.63, 3.8) is 0 Å². The van der Waals surface area contributed by atoms with Crippen LogP contribution < -0.4 is 10.1 Å². The Labute approximate surface area is 167 Å². The van der Waals surface area contributed by atoms with Crippen LogP contribution in [0.5, 0.6) is 5.75 Å². The number of amides is 2. The van der Waals surface area contributed by atoms with Gasteiger partial charge in [-0.15, -0.1) is 0 Å². The van der Waals surface area contributed by atoms with Crippen LogP contribution in [0.25, 0.3) is 0 Å². The molecule has 0 fully saturated rings. The molecule has 0 aromatic heterocycles. The van der Waals surface area contributed by atoms with Crippen molar-refractivity contribution in [2.24, 2.45) is 5.92 Å². The van der Waals surface area contributed by atoms with Crippen molar-refractivity contribution >= 4 is 11.8 Å². The number of ether oxygens (including phenoxy) is 1. The molecule has 0 unspecified atom stereocenters. The zero-order valence-corrected chi connectivity index (χ0v) is 17.1. The Morgan fingerprint density at radius 2 is 1.64 bits per heavy atom. The maximum atomic E-state index is 12.9. The number of hydrogen-bond acceptors (Lipinski definition) is 3. The highest BCUT2D eigenvalue weighted by Gasteiger charge is 2.26. The molecular formula is C23H30N2O3. The number of aryl methyl sites for hydroxylation is 1. The molecule has 0 radical (unpaired) electrons. The topological polar surface area (TPSA) is 58.6 Å². The fourth-order valence-corrected chi connectivity index (χ4v) is 2.75. The molecule has 5 nitrogen and oxygen atoms in total. The molecule has 0 aliphatic heterocycles. The van der Waals surface area contributed by atoms with Gasteiger partial charge >= 0.3 is 0 Å². The van der Waals surface area contributed by atoms with E-state index in [0.717, 1.165) is 11.1 Å². The first-order valence-electron chi connectivity index (χ1n) is 9.68. The monoisotopic (exact) mass is 382 g/mol. The van der Waals surface area contributed by atoms with Gasteiger partial charge in [0.15, 0.2) is 6.61 Å². The van der Waals surface area contributed by atoms with Gasteiger partial charge in [-0.3, -0.25) is 9.59 Å². The highest BCUT2D eigenvalue weighted by Crippen LogP contribution is 2.15. The van der Waals surface area contributed by atoms with E-state index >= 15 is 0 Å². The summed E-state index contributed by atoms with van der Waals surface area (Å²) in [6, 6.07) is 16.5. The molecule has 0 bridgehead atoms. The van der Waals surface area contributed by atoms with E-state index in [2.05, 4.69) is 5.32 Å². The molecule has 0 aliphatic rings. The summed E-state index contributed by atoms with van der Waals surface area (Å²) >= 11 is 0. The Balaban J connectivity index is 2.13. The zero-order valence-electron chi connectivity index (χ0n) is 17.1. The molecule has 0 heterocycles. The standard InChI is InChI=1S/C23H30N2O3/c1-17(2)14-24-23(27)19(4)25(15-20-11-9-8-10-18(20)3)22(26)16-28-21-12-6-5-7-13-21/h5-13,17,19H,14-16H2,1-4H3,(H,24,27)/t19-/m0/s1. The van der Waals surface area contributed by atoms with Crippen LogP contribution in [0.4, 0.5) is 0 Å². The van der Waals surface area contributed by atoms with Gasteiger partial charge in [-0.05, 0) is 43.0 Å². The van der Waals surface area contributed by atoms with Crippen LogP contribution in [0, 0.1) is 12.8 Å². The summed E-state index contributed by atoms with van der Waals surface area (Å²) in [5.74, 6) is 0.594. The van der Waals surface area contributed by atoms with Crippen LogP contribution in [-0.4, -0.2) is 35.9 Å². The quantitative estimate of drug-likeness (QED) is 0.721. The summed E-state index contributed by atoms with van der Waals surface area (Å²) in [7, 11) is 0. The molecule has 2 aromatic rings. The van der Waals surface area contributed by atoms with Gasteiger partial charge in [-0.2, -0.15) is 0 Å². The van der Waals surface area contributed by atoms with Gasteiger partial charge in [0.2, 0.25) is 5.91 Å². The van der Waals surface area contributed by atoms with Gasteiger partial charge in [-0.25, -0.2) is 0 Å². The van der Waals surface area contributed by atoms with Crippen LogP contribution in [0.15, 0.2) is 54.6 Å². The predicted octanol–water partition coefficient (Wildman–Crippen LogP) is 3.56. The average Bonchev–Trinajstić information content (AvgIpc) is 2.69. The van der Waals surface area contributed by atoms with E-state index in [1.807, 2.05) is 63.2 Å². The largest absolute Gasteiger partial charge is 0.484 e. The summed E-state index contributed by atoms with van der Waals surface area (Å²) in [6.45, 7) is 8.66. The van der Waals surface area contributed by atoms with Gasteiger partial charge in [0, 0.05) is 13.1 Å². The van der Waals surface area contributed by atoms with E-state index in [9.17, 15) is 9.59 Å². The third-order valence-corrected chi connectivity index (χ3v) is 4.56. The Hall–Kier alpha value is -2.82. The number of hydrogen-bond donors (Lipinski definition) is 1. The predicted molar refractivity (Wildman–Crippen MR) is 111 cm³/mol. The van der Waals surface area contributed by atoms with E-state index in [-0.39, 0.29) is 18.4 Å². The normalized spacial score (nSPS) is 11.8. The summed E-state index contributed by atoms with van der Waals surface area (Å²) in [6.07, 6.45) is 0. The van der Waals surface area contributed by atoms with Gasteiger partial charge in [-0.1, -0.05) is 56.3 Å². The first kappa shape index (κ1) is 21.5. The van der Waals surface area contributed by atoms with Crippen molar-refractivity contribution in [2.45, 2.75) is 40.3 Å². The van der Waals surface area contributed by atoms with E-state index in [0.29, 0.717) is 24.8 Å². The van der Waals surface area contributed by atoms with Crippen molar-refractivity contribution in [1.29, 1.82) is 0 Å². The minimum absolute atomic E-state index is 0.113. The molecule has 1 N–H and O–H groups in total. The second-order valence-corrected chi connectivity index (χ2v) is 7.36. The Bertz CT molecular complexity index is 774. The number of rotatable bonds is 9. The summed E-state index contributed by atoms with van der Waals surface area (Å²) in [5, 5.41) is 2.92. The second-order valence-electron chi connectivity index (χ2n) is 7.36. The molecule has 5 heteroatoms. The summed E-state index contributed by atoms with van der Waals surface area (Å²) in [4.78, 5) is 27.1. The maximum absolute atomic E-state index is 12.9. The number of nitrogens with one attached hydrogen (secondary N) is 1. The molecule has 0 saturated heterocycles. The number of nitrogens with zero attached hydrogens (tertiary/aromatic N) is 1. The van der Waals surface area contributed by atoms with Crippen molar-refractivity contribution in [3.8, 4) is 5.75 Å². The van der Waals surface area contributed by atoms with Crippen LogP contribution >= 0.6 is 0 Å². The lowest BCUT2D eigenvalue weighted by molar-refractivity contribution is -0.142. The molecule has 150 valence electrons. The minimum atomic E-state index is -0.592. The lowest BCUT2D eigenvalue weighted by Gasteiger charge is -2.29. The molecular weight excluding hydrogens is 352 g/mol. The minimum Gasteiger partial charge on any atom is -0.484 e. The number of para-hydroxylation sites is 1. The van der Waals surface area contributed by atoms with Crippen molar-refractivity contribution in [1.82, 2.24) is 10.2 Å². The fourth-order valence-electron chi connectivity index (χ4n) is 2.75. The highest BCUT2D eigenvalue weighted by atomic mass is 16.5. The van der Waals surface area contributed by atoms with Crippen LogP contribution in [-0.2, 0) is 16.1 Å². The molecule has 2 amide bonds. The number of benzene rings is 2. The summed E-state index contributed by atoms with van der Waals surface area (Å²) in [5.41, 5.74) is 2.10. The SMILES string of the molecule is Cc1ccccc1CN(C(=O)COc1ccccc1)[C@@H](C)C(=O)NCC(C)C. The zero-order chi connectivity index (χ0) is 20.5. The van der Waals surface area contributed by atoms with E-state index in [4.69, 9.17) is 4.74 Å². The lowest BCUT2D eigenvalue weighted by Crippen LogP contribution is -2.49. The molecule has 28 heavy (non-hydrogen) atoms. The van der Waals surface area contributed by atoms with Crippen molar-refractivity contribution in [3.05, 3.63) is 65.7 Å². The first-order chi connectivity index (χ1) is 13.4. The molecule has 2 rings (SSSR count). The van der Waals surface area contributed by atoms with Gasteiger partial charge in [0.25, 0.3) is 5.91 Å². The van der Waals surface area contributed by atoms with E-state index in [1.54, 1.807) is 24.0 Å². The molecule has 1 atom stereocenters. The van der Waals surface area contributed by atoms with Crippen molar-refractivity contribution in [2.75, 3.05) is 13.2 Å². The van der Waals surface area contributed by atoms with E-state index < -0.39 is 6.04 Å². The molecule has 2 aromatic carbocycles. The van der Waals surface area contributed by atoms with Crippen molar-refractivity contribution < 1.29 is 14.3 Å². The van der Waals surface area contributed by atoms with Crippen LogP contribution in [0.1, 0.15) is 31.9 Å². The summed E-state index contributed by atoms with van der Waals surface area (Å²) < 4.78 is 5.62. The van der Waals surface area contributed by atoms with Gasteiger partial charge in [0.05, 0.1) is 0 Å². The van der Waals surface area contributed by atoms with Crippen LogP contribution in [0.2, 0.25) is 0 Å². The maximum Gasteiger partial charge on any atom is 0.261 e. The van der Waals surface area contributed by atoms with Crippen LogP contribution in [0.3, 0.4) is 0 Å². The lowest BCUT2D eigenvalue weighted by atomic mass is 10.1. The molecule has 0 aliphatic carbocycles.